The fraction of sp³-hybridized carbons (Fsp3) is 0.348. The molecule has 3 aromatic rings. The highest BCUT2D eigenvalue weighted by molar-refractivity contribution is 6.46. The first-order valence-electron chi connectivity index (χ1n) is 11.0. The van der Waals surface area contributed by atoms with Crippen LogP contribution in [0.2, 0.25) is 5.02 Å². The molecule has 0 saturated carbocycles. The van der Waals surface area contributed by atoms with Crippen molar-refractivity contribution < 1.29 is 18.6 Å². The van der Waals surface area contributed by atoms with E-state index in [0.717, 1.165) is 19.2 Å². The molecule has 10 nitrogen and oxygen atoms in total. The number of rotatable bonds is 6. The monoisotopic (exact) mass is 518 g/mol. The number of nitriles is 1. The molecular formula is C23H25ClF2N8O2. The lowest BCUT2D eigenvalue weighted by Gasteiger charge is -2.23. The Kier molecular flexibility index (Phi) is 9.10. The number of nitrogens with one attached hydrogen (secondary N) is 1. The smallest absolute Gasteiger partial charge is 0.179 e. The van der Waals surface area contributed by atoms with Crippen LogP contribution in [0.1, 0.15) is 37.1 Å². The van der Waals surface area contributed by atoms with Crippen molar-refractivity contribution in [3.05, 3.63) is 58.9 Å². The Morgan fingerprint density at radius 2 is 2.25 bits per heavy atom. The van der Waals surface area contributed by atoms with Gasteiger partial charge in [0.05, 0.1) is 42.0 Å². The van der Waals surface area contributed by atoms with E-state index in [4.69, 9.17) is 32.9 Å². The molecule has 190 valence electrons. The van der Waals surface area contributed by atoms with Crippen molar-refractivity contribution in [2.24, 2.45) is 10.9 Å². The van der Waals surface area contributed by atoms with Gasteiger partial charge in [-0.2, -0.15) is 15.5 Å². The van der Waals surface area contributed by atoms with Crippen LogP contribution < -0.4 is 10.6 Å². The Morgan fingerprint density at radius 1 is 1.47 bits per heavy atom. The number of hydrogen-bond donors (Lipinski definition) is 3. The number of piperidine rings is 1. The number of ether oxygens (including phenoxy) is 1. The van der Waals surface area contributed by atoms with Crippen LogP contribution in [-0.4, -0.2) is 61.9 Å². The minimum atomic E-state index is -0.866. The Labute approximate surface area is 211 Å². The van der Waals surface area contributed by atoms with Crippen LogP contribution in [0.15, 0.2) is 41.9 Å². The Hall–Kier alpha value is -3.82. The fourth-order valence-electron chi connectivity index (χ4n) is 3.59. The first-order chi connectivity index (χ1) is 17.3. The van der Waals surface area contributed by atoms with Gasteiger partial charge in [-0.1, -0.05) is 11.6 Å². The first kappa shape index (κ1) is 26.8. The summed E-state index contributed by atoms with van der Waals surface area (Å²) < 4.78 is 32.9. The zero-order valence-corrected chi connectivity index (χ0v) is 20.2. The minimum Gasteiger partial charge on any atom is -0.479 e. The summed E-state index contributed by atoms with van der Waals surface area (Å²) in [6, 6.07) is 4.24. The summed E-state index contributed by atoms with van der Waals surface area (Å²) in [4.78, 5) is 5.41. The summed E-state index contributed by atoms with van der Waals surface area (Å²) in [6.45, 7) is 2.18. The van der Waals surface area contributed by atoms with Crippen molar-refractivity contribution in [3.8, 4) is 11.9 Å². The normalized spacial score (nSPS) is 16.6. The number of halogens is 3. The van der Waals surface area contributed by atoms with E-state index in [1.165, 1.54) is 27.7 Å². The van der Waals surface area contributed by atoms with Gasteiger partial charge in [-0.05, 0) is 38.0 Å². The molecule has 2 atom stereocenters. The van der Waals surface area contributed by atoms with Gasteiger partial charge in [-0.15, -0.1) is 0 Å². The predicted octanol–water partition coefficient (Wildman–Crippen LogP) is 3.24. The Bertz CT molecular complexity index is 1280. The molecule has 1 aliphatic rings. The number of nitrogens with two attached hydrogens (primary N) is 1. The average Bonchev–Trinajstić information content (AvgIpc) is 3.24. The maximum absolute atomic E-state index is 13.1. The number of hydrogen-bond acceptors (Lipinski definition) is 9. The van der Waals surface area contributed by atoms with Gasteiger partial charge in [0, 0.05) is 18.3 Å². The minimum absolute atomic E-state index is 0.153. The molecule has 3 aromatic heterocycles. The van der Waals surface area contributed by atoms with Gasteiger partial charge in [-0.25, -0.2) is 13.3 Å². The molecule has 1 aliphatic heterocycles. The van der Waals surface area contributed by atoms with Crippen molar-refractivity contribution in [2.45, 2.75) is 32.0 Å². The van der Waals surface area contributed by atoms with Gasteiger partial charge in [0.1, 0.15) is 29.0 Å². The second-order valence-electron chi connectivity index (χ2n) is 7.96. The molecule has 4 N–H and O–H groups in total. The quantitative estimate of drug-likeness (QED) is 0.196. The Morgan fingerprint density at radius 3 is 2.81 bits per heavy atom. The van der Waals surface area contributed by atoms with Crippen LogP contribution in [0, 0.1) is 22.7 Å². The second-order valence-corrected chi connectivity index (χ2v) is 8.36. The van der Waals surface area contributed by atoms with E-state index in [9.17, 15) is 13.9 Å². The third-order valence-electron chi connectivity index (χ3n) is 5.31. The summed E-state index contributed by atoms with van der Waals surface area (Å²) in [5, 5.41) is 34.0. The molecule has 0 aromatic carbocycles. The number of aliphatic hydroxyl groups is 1. The molecule has 0 bridgehead atoms. The van der Waals surface area contributed by atoms with Crippen molar-refractivity contribution in [2.75, 3.05) is 19.7 Å². The van der Waals surface area contributed by atoms with Crippen LogP contribution >= 0.6 is 11.6 Å². The Balaban J connectivity index is 0.000000338. The molecule has 13 heteroatoms. The van der Waals surface area contributed by atoms with E-state index in [1.54, 1.807) is 19.2 Å². The van der Waals surface area contributed by atoms with E-state index >= 15 is 0 Å². The molecule has 1 saturated heterocycles. The topological polar surface area (TPSA) is 149 Å². The lowest BCUT2D eigenvalue weighted by molar-refractivity contribution is 0.114. The SMILES string of the molecule is CC(=N)/C(=N\N)c1cc(OC(CO)c2ccc(F)cn2)c2c(Cl)cnn2c1.N#CN1CCCC(F)C1. The van der Waals surface area contributed by atoms with Gasteiger partial charge >= 0.3 is 0 Å². The van der Waals surface area contributed by atoms with Gasteiger partial charge < -0.3 is 26.0 Å². The van der Waals surface area contributed by atoms with Crippen LogP contribution in [0.5, 0.6) is 5.75 Å². The summed E-state index contributed by atoms with van der Waals surface area (Å²) >= 11 is 6.21. The summed E-state index contributed by atoms with van der Waals surface area (Å²) in [5.41, 5.74) is 1.68. The highest BCUT2D eigenvalue weighted by Crippen LogP contribution is 2.32. The number of pyridine rings is 2. The number of likely N-dealkylation sites (tertiary alicyclic amines) is 1. The molecule has 0 spiro atoms. The lowest BCUT2D eigenvalue weighted by Crippen LogP contribution is -2.32. The van der Waals surface area contributed by atoms with E-state index in [-0.39, 0.29) is 17.2 Å². The standard InChI is InChI=1S/C17H16ClFN6O2.C6H9FN2/c1-9(20)16(24-21)10-4-14(17-12(18)6-23-25(17)7-10)27-15(8-26)13-3-2-11(19)5-22-13;7-6-2-1-3-9(4-6)5-8/h2-7,15,20,26H,8,21H2,1H3;6H,1-4H2/b20-9?,24-16+;. The molecule has 4 heterocycles. The molecule has 4 rings (SSSR count). The zero-order valence-electron chi connectivity index (χ0n) is 19.4. The van der Waals surface area contributed by atoms with Crippen LogP contribution in [-0.2, 0) is 0 Å². The summed E-state index contributed by atoms with van der Waals surface area (Å²) in [6.07, 6.45) is 5.81. The van der Waals surface area contributed by atoms with Crippen LogP contribution in [0.4, 0.5) is 8.78 Å². The maximum Gasteiger partial charge on any atom is 0.179 e. The first-order valence-corrected chi connectivity index (χ1v) is 11.3. The number of fused-ring (bicyclic) bond motifs is 1. The summed E-state index contributed by atoms with van der Waals surface area (Å²) in [7, 11) is 0. The second kappa shape index (κ2) is 12.2. The van der Waals surface area contributed by atoms with Crippen molar-refractivity contribution in [3.63, 3.8) is 0 Å². The molecular weight excluding hydrogens is 494 g/mol. The van der Waals surface area contributed by atoms with Crippen molar-refractivity contribution >= 4 is 28.5 Å². The van der Waals surface area contributed by atoms with Gasteiger partial charge in [-0.3, -0.25) is 4.98 Å². The maximum atomic E-state index is 13.1. The predicted molar refractivity (Wildman–Crippen MR) is 130 cm³/mol. The lowest BCUT2D eigenvalue weighted by atomic mass is 10.1. The van der Waals surface area contributed by atoms with Gasteiger partial charge in [0.25, 0.3) is 0 Å². The number of alkyl halides is 1. The molecule has 36 heavy (non-hydrogen) atoms. The van der Waals surface area contributed by atoms with Crippen molar-refractivity contribution in [1.29, 1.82) is 10.7 Å². The molecule has 2 unspecified atom stereocenters. The van der Waals surface area contributed by atoms with Crippen molar-refractivity contribution in [1.82, 2.24) is 19.5 Å². The largest absolute Gasteiger partial charge is 0.479 e. The highest BCUT2D eigenvalue weighted by atomic mass is 35.5. The number of hydrazone groups is 1. The van der Waals surface area contributed by atoms with E-state index in [2.05, 4.69) is 15.2 Å². The number of nitrogens with zero attached hydrogens (tertiary/aromatic N) is 6. The molecule has 0 amide bonds. The summed E-state index contributed by atoms with van der Waals surface area (Å²) in [5.74, 6) is 5.19. The molecule has 1 fully saturated rings. The third kappa shape index (κ3) is 6.44. The number of aromatic nitrogens is 3. The zero-order chi connectivity index (χ0) is 26.2. The van der Waals surface area contributed by atoms with E-state index in [1.807, 2.05) is 6.19 Å². The third-order valence-corrected chi connectivity index (χ3v) is 5.59. The van der Waals surface area contributed by atoms with Gasteiger partial charge in [0.15, 0.2) is 12.3 Å². The van der Waals surface area contributed by atoms with E-state index in [0.29, 0.717) is 34.8 Å². The highest BCUT2D eigenvalue weighted by Gasteiger charge is 2.20. The van der Waals surface area contributed by atoms with Crippen LogP contribution in [0.3, 0.4) is 0 Å². The number of aliphatic hydroxyl groups excluding tert-OH is 1. The molecule has 0 radical (unpaired) electrons. The van der Waals surface area contributed by atoms with E-state index < -0.39 is 24.7 Å². The molecule has 0 aliphatic carbocycles. The average molecular weight is 519 g/mol. The van der Waals surface area contributed by atoms with Crippen LogP contribution in [0.25, 0.3) is 5.52 Å². The fourth-order valence-corrected chi connectivity index (χ4v) is 3.82. The van der Waals surface area contributed by atoms with Gasteiger partial charge in [0.2, 0.25) is 0 Å².